The van der Waals surface area contributed by atoms with E-state index in [2.05, 4.69) is 39.2 Å². The van der Waals surface area contributed by atoms with E-state index in [1.807, 2.05) is 24.3 Å². The molecule has 0 atom stereocenters. The van der Waals surface area contributed by atoms with Crippen molar-refractivity contribution >= 4 is 40.4 Å². The first kappa shape index (κ1) is 14.8. The van der Waals surface area contributed by atoms with E-state index >= 15 is 0 Å². The van der Waals surface area contributed by atoms with Crippen LogP contribution in [-0.4, -0.2) is 28.3 Å². The summed E-state index contributed by atoms with van der Waals surface area (Å²) in [7, 11) is 0. The summed E-state index contributed by atoms with van der Waals surface area (Å²) in [6.45, 7) is 6.20. The Balaban J connectivity index is 2.16. The highest BCUT2D eigenvalue weighted by Crippen LogP contribution is 2.23. The zero-order chi connectivity index (χ0) is 14.5. The lowest BCUT2D eigenvalue weighted by atomic mass is 10.2. The lowest BCUT2D eigenvalue weighted by Gasteiger charge is -2.21. The maximum absolute atomic E-state index is 5.91. The number of nitrogens with zero attached hydrogens (tertiary/aromatic N) is 4. The topological polar surface area (TPSA) is 53.9 Å². The van der Waals surface area contributed by atoms with Gasteiger partial charge in [0, 0.05) is 24.5 Å². The molecule has 0 aliphatic heterocycles. The summed E-state index contributed by atoms with van der Waals surface area (Å²) in [5.74, 6) is 0.391. The molecule has 106 valence electrons. The molecule has 0 radical (unpaired) electrons. The molecule has 0 aliphatic carbocycles. The van der Waals surface area contributed by atoms with Crippen molar-refractivity contribution in [3.63, 3.8) is 0 Å². The number of hydrogen-bond donors (Lipinski definition) is 1. The van der Waals surface area contributed by atoms with Gasteiger partial charge in [0.2, 0.25) is 5.28 Å². The number of rotatable bonds is 5. The molecule has 1 N–H and O–H groups in total. The first-order valence-electron chi connectivity index (χ1n) is 6.31. The summed E-state index contributed by atoms with van der Waals surface area (Å²) in [6, 6.07) is 8.00. The van der Waals surface area contributed by atoms with Gasteiger partial charge < -0.3 is 10.2 Å². The Hall–Kier alpha value is -1.59. The van der Waals surface area contributed by atoms with Gasteiger partial charge in [-0.3, -0.25) is 0 Å². The van der Waals surface area contributed by atoms with Crippen LogP contribution in [0.5, 0.6) is 0 Å². The third kappa shape index (κ3) is 3.49. The molecule has 0 saturated carbocycles. The van der Waals surface area contributed by atoms with Crippen LogP contribution in [0.2, 0.25) is 10.4 Å². The van der Waals surface area contributed by atoms with E-state index in [9.17, 15) is 0 Å². The summed E-state index contributed by atoms with van der Waals surface area (Å²) >= 11 is 11.6. The van der Waals surface area contributed by atoms with Crippen LogP contribution < -0.4 is 10.2 Å². The Labute approximate surface area is 127 Å². The Kier molecular flexibility index (Phi) is 4.98. The number of halogens is 2. The quantitative estimate of drug-likeness (QED) is 0.911. The molecule has 0 fully saturated rings. The van der Waals surface area contributed by atoms with Gasteiger partial charge >= 0.3 is 0 Å². The first-order chi connectivity index (χ1) is 9.63. The van der Waals surface area contributed by atoms with Gasteiger partial charge in [-0.25, -0.2) is 0 Å². The van der Waals surface area contributed by atoms with E-state index in [1.165, 1.54) is 5.69 Å². The fourth-order valence-electron chi connectivity index (χ4n) is 1.85. The average Bonchev–Trinajstić information content (AvgIpc) is 2.46. The van der Waals surface area contributed by atoms with Crippen LogP contribution in [-0.2, 0) is 0 Å². The van der Waals surface area contributed by atoms with Crippen LogP contribution in [0, 0.1) is 0 Å². The van der Waals surface area contributed by atoms with Gasteiger partial charge in [-0.15, -0.1) is 10.2 Å². The van der Waals surface area contributed by atoms with Crippen molar-refractivity contribution in [2.45, 2.75) is 13.8 Å². The second-order valence-electron chi connectivity index (χ2n) is 4.06. The van der Waals surface area contributed by atoms with E-state index in [0.29, 0.717) is 5.82 Å². The van der Waals surface area contributed by atoms with Gasteiger partial charge in [0.1, 0.15) is 0 Å². The molecule has 0 aliphatic rings. The number of aromatic nitrogens is 3. The third-order valence-electron chi connectivity index (χ3n) is 2.88. The Morgan fingerprint density at radius 3 is 2.30 bits per heavy atom. The molecule has 1 heterocycles. The molecule has 0 saturated heterocycles. The summed E-state index contributed by atoms with van der Waals surface area (Å²) < 4.78 is 0. The van der Waals surface area contributed by atoms with Crippen LogP contribution in [0.4, 0.5) is 17.2 Å². The molecule has 0 amide bonds. The molecule has 0 unspecified atom stereocenters. The van der Waals surface area contributed by atoms with Crippen molar-refractivity contribution in [1.82, 2.24) is 15.2 Å². The van der Waals surface area contributed by atoms with Crippen LogP contribution in [0.15, 0.2) is 24.3 Å². The number of benzene rings is 1. The summed E-state index contributed by atoms with van der Waals surface area (Å²) in [6.07, 6.45) is 0. The van der Waals surface area contributed by atoms with Crippen molar-refractivity contribution in [3.05, 3.63) is 34.7 Å². The van der Waals surface area contributed by atoms with Gasteiger partial charge in [0.05, 0.1) is 0 Å². The zero-order valence-electron chi connectivity index (χ0n) is 11.3. The maximum Gasteiger partial charge on any atom is 0.245 e. The molecule has 7 heteroatoms. The summed E-state index contributed by atoms with van der Waals surface area (Å²) in [5.41, 5.74) is 2.03. The summed E-state index contributed by atoms with van der Waals surface area (Å²) in [5, 5.41) is 10.6. The van der Waals surface area contributed by atoms with Crippen LogP contribution in [0.3, 0.4) is 0 Å². The fourth-order valence-corrected chi connectivity index (χ4v) is 2.10. The standard InChI is InChI=1S/C13H15Cl2N5/c1-3-20(4-2)10-7-5-9(6-8-10)16-12-11(14)18-19-13(15)17-12/h5-8H,3-4H2,1-2H3,(H,16,17,19). The minimum atomic E-state index is 0.0525. The number of nitrogens with one attached hydrogen (secondary N) is 1. The van der Waals surface area contributed by atoms with Gasteiger partial charge in [-0.05, 0) is 49.7 Å². The van der Waals surface area contributed by atoms with Gasteiger partial charge in [0.15, 0.2) is 11.0 Å². The highest BCUT2D eigenvalue weighted by molar-refractivity contribution is 6.32. The molecule has 1 aromatic carbocycles. The second-order valence-corrected chi connectivity index (χ2v) is 4.76. The Morgan fingerprint density at radius 2 is 1.70 bits per heavy atom. The molecule has 5 nitrogen and oxygen atoms in total. The maximum atomic E-state index is 5.91. The zero-order valence-corrected chi connectivity index (χ0v) is 12.8. The predicted molar refractivity (Wildman–Crippen MR) is 83.1 cm³/mol. The highest BCUT2D eigenvalue weighted by Gasteiger charge is 2.07. The van der Waals surface area contributed by atoms with E-state index in [1.54, 1.807) is 0 Å². The molecular formula is C13H15Cl2N5. The fraction of sp³-hybridized carbons (Fsp3) is 0.308. The molecule has 2 rings (SSSR count). The predicted octanol–water partition coefficient (Wildman–Crippen LogP) is 3.77. The lowest BCUT2D eigenvalue weighted by molar-refractivity contribution is 0.866. The second kappa shape index (κ2) is 6.72. The van der Waals surface area contributed by atoms with E-state index < -0.39 is 0 Å². The summed E-state index contributed by atoms with van der Waals surface area (Å²) in [4.78, 5) is 6.26. The molecular weight excluding hydrogens is 297 g/mol. The van der Waals surface area contributed by atoms with E-state index in [-0.39, 0.29) is 10.4 Å². The number of anilines is 3. The van der Waals surface area contributed by atoms with Crippen molar-refractivity contribution in [2.75, 3.05) is 23.3 Å². The lowest BCUT2D eigenvalue weighted by Crippen LogP contribution is -2.21. The van der Waals surface area contributed by atoms with Crippen molar-refractivity contribution in [2.24, 2.45) is 0 Å². The van der Waals surface area contributed by atoms with Crippen LogP contribution in [0.1, 0.15) is 13.8 Å². The molecule has 0 bridgehead atoms. The first-order valence-corrected chi connectivity index (χ1v) is 7.07. The Bertz CT molecular complexity index is 569. The normalized spacial score (nSPS) is 10.4. The van der Waals surface area contributed by atoms with Gasteiger partial charge in [0.25, 0.3) is 0 Å². The Morgan fingerprint density at radius 1 is 1.05 bits per heavy atom. The monoisotopic (exact) mass is 311 g/mol. The smallest absolute Gasteiger partial charge is 0.245 e. The number of hydrogen-bond acceptors (Lipinski definition) is 5. The average molecular weight is 312 g/mol. The van der Waals surface area contributed by atoms with Crippen LogP contribution in [0.25, 0.3) is 0 Å². The SMILES string of the molecule is CCN(CC)c1ccc(Nc2nc(Cl)nnc2Cl)cc1. The minimum Gasteiger partial charge on any atom is -0.372 e. The van der Waals surface area contributed by atoms with Crippen molar-refractivity contribution < 1.29 is 0 Å². The third-order valence-corrected chi connectivity index (χ3v) is 3.29. The minimum absolute atomic E-state index is 0.0525. The van der Waals surface area contributed by atoms with Crippen molar-refractivity contribution in [3.8, 4) is 0 Å². The molecule has 20 heavy (non-hydrogen) atoms. The van der Waals surface area contributed by atoms with Gasteiger partial charge in [-0.1, -0.05) is 11.6 Å². The molecule has 0 spiro atoms. The molecule has 1 aromatic heterocycles. The van der Waals surface area contributed by atoms with E-state index in [4.69, 9.17) is 23.2 Å². The highest BCUT2D eigenvalue weighted by atomic mass is 35.5. The largest absolute Gasteiger partial charge is 0.372 e. The van der Waals surface area contributed by atoms with E-state index in [0.717, 1.165) is 18.8 Å². The van der Waals surface area contributed by atoms with Gasteiger partial charge in [-0.2, -0.15) is 4.98 Å². The molecule has 2 aromatic rings. The van der Waals surface area contributed by atoms with Crippen LogP contribution >= 0.6 is 23.2 Å². The van der Waals surface area contributed by atoms with Crippen molar-refractivity contribution in [1.29, 1.82) is 0 Å².